The molecule has 3 rings (SSSR count). The molecule has 0 saturated carbocycles. The van der Waals surface area contributed by atoms with Gasteiger partial charge in [0.15, 0.2) is 12.4 Å². The molecule has 0 bridgehead atoms. The number of nitrogens with one attached hydrogen (secondary N) is 1. The second-order valence-corrected chi connectivity index (χ2v) is 5.77. The van der Waals surface area contributed by atoms with E-state index in [1.54, 1.807) is 0 Å². The van der Waals surface area contributed by atoms with E-state index in [1.165, 1.54) is 24.5 Å². The van der Waals surface area contributed by atoms with Crippen LogP contribution in [0.5, 0.6) is 5.75 Å². The molecular weight excluding hydrogens is 328 g/mol. The van der Waals surface area contributed by atoms with Crippen molar-refractivity contribution in [2.45, 2.75) is 13.0 Å². The van der Waals surface area contributed by atoms with Gasteiger partial charge < -0.3 is 15.3 Å². The number of hydrogen-bond donors (Lipinski definition) is 1. The minimum atomic E-state index is -0.307. The number of benzene rings is 2. The fraction of sp³-hybridized carbons (Fsp3) is 0.143. The van der Waals surface area contributed by atoms with Crippen LogP contribution in [0.2, 0.25) is 0 Å². The average Bonchev–Trinajstić information content (AvgIpc) is 2.68. The summed E-state index contributed by atoms with van der Waals surface area (Å²) in [6, 6.07) is 20.1. The van der Waals surface area contributed by atoms with Gasteiger partial charge in [-0.05, 0) is 30.2 Å². The van der Waals surface area contributed by atoms with Gasteiger partial charge in [0, 0.05) is 12.1 Å². The molecule has 0 fully saturated rings. The Bertz CT molecular complexity index is 847. The maximum absolute atomic E-state index is 12.6. The standard InChI is InChI=1S/C21H20N2O3/c1-2-26-19-10-8-17(9-11-19)20(16-6-4-3-5-7-16)22-21(24)18-12-14-23(25)15-13-18/h3-15,20H,2H2,1H3,(H,22,24)/t20-/m1/s1. The Balaban J connectivity index is 1.88. The normalized spacial score (nSPS) is 11.6. The molecule has 2 aromatic carbocycles. The summed E-state index contributed by atoms with van der Waals surface area (Å²) in [6.45, 7) is 2.54. The largest absolute Gasteiger partial charge is 0.619 e. The van der Waals surface area contributed by atoms with Crippen LogP contribution in [0.25, 0.3) is 0 Å². The molecule has 5 nitrogen and oxygen atoms in total. The Hall–Kier alpha value is -3.34. The number of amides is 1. The predicted molar refractivity (Wildman–Crippen MR) is 98.8 cm³/mol. The molecule has 132 valence electrons. The van der Waals surface area contributed by atoms with Crippen molar-refractivity contribution in [1.29, 1.82) is 0 Å². The molecule has 0 aliphatic heterocycles. The van der Waals surface area contributed by atoms with Crippen LogP contribution in [0.3, 0.4) is 0 Å². The molecule has 1 N–H and O–H groups in total. The van der Waals surface area contributed by atoms with Crippen LogP contribution in [-0.4, -0.2) is 12.5 Å². The molecule has 0 saturated heterocycles. The third kappa shape index (κ3) is 4.19. The molecular formula is C21H20N2O3. The smallest absolute Gasteiger partial charge is 0.252 e. The lowest BCUT2D eigenvalue weighted by atomic mass is 9.98. The van der Waals surface area contributed by atoms with E-state index >= 15 is 0 Å². The van der Waals surface area contributed by atoms with Crippen molar-refractivity contribution in [3.8, 4) is 5.75 Å². The Labute approximate surface area is 152 Å². The van der Waals surface area contributed by atoms with E-state index in [1.807, 2.05) is 61.5 Å². The molecule has 26 heavy (non-hydrogen) atoms. The van der Waals surface area contributed by atoms with Crippen LogP contribution in [0, 0.1) is 5.21 Å². The summed E-state index contributed by atoms with van der Waals surface area (Å²) in [6.07, 6.45) is 2.62. The van der Waals surface area contributed by atoms with Crippen molar-refractivity contribution in [3.63, 3.8) is 0 Å². The topological polar surface area (TPSA) is 65.3 Å². The molecule has 5 heteroatoms. The van der Waals surface area contributed by atoms with E-state index in [4.69, 9.17) is 4.74 Å². The molecule has 0 radical (unpaired) electrons. The number of carbonyl (C=O) groups excluding carboxylic acids is 1. The highest BCUT2D eigenvalue weighted by molar-refractivity contribution is 5.94. The lowest BCUT2D eigenvalue weighted by molar-refractivity contribution is -0.605. The van der Waals surface area contributed by atoms with Gasteiger partial charge in [0.05, 0.1) is 18.2 Å². The summed E-state index contributed by atoms with van der Waals surface area (Å²) in [4.78, 5) is 12.6. The molecule has 1 heterocycles. The van der Waals surface area contributed by atoms with E-state index in [0.29, 0.717) is 16.9 Å². The second kappa shape index (κ2) is 8.16. The highest BCUT2D eigenvalue weighted by atomic mass is 16.5. The highest BCUT2D eigenvalue weighted by Gasteiger charge is 2.18. The molecule has 0 aliphatic rings. The maximum atomic E-state index is 12.6. The SMILES string of the molecule is CCOc1ccc([C@H](NC(=O)c2cc[n+]([O-])cc2)c2ccccc2)cc1. The van der Waals surface area contributed by atoms with Crippen LogP contribution in [0.15, 0.2) is 79.1 Å². The zero-order valence-electron chi connectivity index (χ0n) is 14.5. The first-order valence-corrected chi connectivity index (χ1v) is 8.45. The summed E-state index contributed by atoms with van der Waals surface area (Å²) in [7, 11) is 0. The number of nitrogens with zero attached hydrogens (tertiary/aromatic N) is 1. The van der Waals surface area contributed by atoms with E-state index in [2.05, 4.69) is 5.32 Å². The van der Waals surface area contributed by atoms with Crippen molar-refractivity contribution in [3.05, 3.63) is 101 Å². The zero-order chi connectivity index (χ0) is 18.4. The third-order valence-electron chi connectivity index (χ3n) is 4.00. The van der Waals surface area contributed by atoms with E-state index in [0.717, 1.165) is 16.9 Å². The van der Waals surface area contributed by atoms with Gasteiger partial charge in [-0.1, -0.05) is 42.5 Å². The quantitative estimate of drug-likeness (QED) is 0.549. The van der Waals surface area contributed by atoms with Crippen LogP contribution in [0.4, 0.5) is 0 Å². The van der Waals surface area contributed by atoms with Gasteiger partial charge in [-0.15, -0.1) is 0 Å². The highest BCUT2D eigenvalue weighted by Crippen LogP contribution is 2.24. The minimum Gasteiger partial charge on any atom is -0.619 e. The van der Waals surface area contributed by atoms with Crippen molar-refractivity contribution in [1.82, 2.24) is 5.32 Å². The van der Waals surface area contributed by atoms with E-state index in [-0.39, 0.29) is 11.9 Å². The summed E-state index contributed by atoms with van der Waals surface area (Å²) in [5.41, 5.74) is 2.35. The Morgan fingerprint density at radius 3 is 2.23 bits per heavy atom. The van der Waals surface area contributed by atoms with Gasteiger partial charge in [-0.25, -0.2) is 0 Å². The Kier molecular flexibility index (Phi) is 5.49. The predicted octanol–water partition coefficient (Wildman–Crippen LogP) is 3.24. The maximum Gasteiger partial charge on any atom is 0.252 e. The summed E-state index contributed by atoms with van der Waals surface area (Å²) < 4.78 is 6.14. The first-order valence-electron chi connectivity index (χ1n) is 8.45. The van der Waals surface area contributed by atoms with Crippen molar-refractivity contribution >= 4 is 5.91 Å². The third-order valence-corrected chi connectivity index (χ3v) is 4.00. The van der Waals surface area contributed by atoms with Gasteiger partial charge in [-0.3, -0.25) is 4.79 Å². The van der Waals surface area contributed by atoms with Crippen molar-refractivity contribution < 1.29 is 14.3 Å². The summed E-state index contributed by atoms with van der Waals surface area (Å²) in [5, 5.41) is 14.2. The van der Waals surface area contributed by atoms with Crippen LogP contribution >= 0.6 is 0 Å². The van der Waals surface area contributed by atoms with Gasteiger partial charge >= 0.3 is 0 Å². The fourth-order valence-corrected chi connectivity index (χ4v) is 2.71. The zero-order valence-corrected chi connectivity index (χ0v) is 14.5. The first kappa shape index (κ1) is 17.5. The first-order chi connectivity index (χ1) is 12.7. The monoisotopic (exact) mass is 348 g/mol. The Morgan fingerprint density at radius 1 is 1.00 bits per heavy atom. The van der Waals surface area contributed by atoms with Gasteiger partial charge in [-0.2, -0.15) is 4.73 Å². The molecule has 0 spiro atoms. The van der Waals surface area contributed by atoms with E-state index < -0.39 is 0 Å². The Morgan fingerprint density at radius 2 is 1.62 bits per heavy atom. The van der Waals surface area contributed by atoms with Crippen molar-refractivity contribution in [2.75, 3.05) is 6.61 Å². The van der Waals surface area contributed by atoms with Crippen LogP contribution in [0.1, 0.15) is 34.5 Å². The van der Waals surface area contributed by atoms with Gasteiger partial charge in [0.2, 0.25) is 0 Å². The average molecular weight is 348 g/mol. The molecule has 1 atom stereocenters. The number of carbonyl (C=O) groups is 1. The second-order valence-electron chi connectivity index (χ2n) is 5.77. The molecule has 3 aromatic rings. The lowest BCUT2D eigenvalue weighted by Crippen LogP contribution is -2.31. The minimum absolute atomic E-state index is 0.242. The molecule has 1 amide bonds. The molecule has 0 aliphatic carbocycles. The number of rotatable bonds is 6. The number of aromatic nitrogens is 1. The van der Waals surface area contributed by atoms with Gasteiger partial charge in [0.1, 0.15) is 5.75 Å². The van der Waals surface area contributed by atoms with E-state index in [9.17, 15) is 10.0 Å². The van der Waals surface area contributed by atoms with Crippen molar-refractivity contribution in [2.24, 2.45) is 0 Å². The summed E-state index contributed by atoms with van der Waals surface area (Å²) in [5.74, 6) is 0.547. The molecule has 1 aromatic heterocycles. The number of hydrogen-bond acceptors (Lipinski definition) is 3. The molecule has 0 unspecified atom stereocenters. The van der Waals surface area contributed by atoms with Gasteiger partial charge in [0.25, 0.3) is 5.91 Å². The lowest BCUT2D eigenvalue weighted by Gasteiger charge is -2.20. The number of ether oxygens (including phenoxy) is 1. The van der Waals surface area contributed by atoms with Crippen LogP contribution < -0.4 is 14.8 Å². The van der Waals surface area contributed by atoms with Crippen LogP contribution in [-0.2, 0) is 0 Å². The summed E-state index contributed by atoms with van der Waals surface area (Å²) >= 11 is 0. The fourth-order valence-electron chi connectivity index (χ4n) is 2.71. The number of pyridine rings is 1.